The van der Waals surface area contributed by atoms with Gasteiger partial charge < -0.3 is 91.0 Å². The molecular formula is C50H86N3O23P. The lowest BCUT2D eigenvalue weighted by Crippen LogP contribution is -2.67. The molecule has 77 heavy (non-hydrogen) atoms. The number of aliphatic carboxylic acids is 1. The molecule has 3 amide bonds. The molecule has 1 aliphatic heterocycles. The lowest BCUT2D eigenvalue weighted by molar-refractivity contribution is -0.319. The highest BCUT2D eigenvalue weighted by molar-refractivity contribution is 7.47. The number of ether oxygens (including phenoxy) is 6. The van der Waals surface area contributed by atoms with E-state index in [0.29, 0.717) is 12.8 Å². The van der Waals surface area contributed by atoms with Gasteiger partial charge in [0.2, 0.25) is 12.0 Å². The number of carboxylic acids is 1. The molecule has 1 aliphatic rings. The lowest BCUT2D eigenvalue weighted by Gasteiger charge is -2.45. The zero-order chi connectivity index (χ0) is 59.0. The number of allylic oxidation sites excluding steroid dienone is 8. The maximum atomic E-state index is 12.9. The van der Waals surface area contributed by atoms with Crippen LogP contribution in [-0.4, -0.2) is 188 Å². The summed E-state index contributed by atoms with van der Waals surface area (Å²) in [6.45, 7) is 16.6. The van der Waals surface area contributed by atoms with Crippen molar-refractivity contribution in [1.82, 2.24) is 5.32 Å². The number of carboxylic acid groups (broad SMARTS) is 1. The highest BCUT2D eigenvalue weighted by Crippen LogP contribution is 2.45. The highest BCUT2D eigenvalue weighted by Gasteiger charge is 2.53. The van der Waals surface area contributed by atoms with E-state index in [1.54, 1.807) is 6.08 Å². The number of hydrogen-bond acceptors (Lipinski definition) is 21. The van der Waals surface area contributed by atoms with E-state index in [0.717, 1.165) is 65.6 Å². The van der Waals surface area contributed by atoms with Crippen LogP contribution in [0.25, 0.3) is 0 Å². The summed E-state index contributed by atoms with van der Waals surface area (Å²) in [4.78, 5) is 64.3. The van der Waals surface area contributed by atoms with Crippen molar-refractivity contribution in [2.45, 2.75) is 193 Å². The zero-order valence-corrected chi connectivity index (χ0v) is 46.6. The van der Waals surface area contributed by atoms with Gasteiger partial charge in [-0.15, -0.1) is 4.67 Å². The van der Waals surface area contributed by atoms with E-state index in [4.69, 9.17) is 49.3 Å². The Morgan fingerprint density at radius 1 is 0.909 bits per heavy atom. The van der Waals surface area contributed by atoms with Crippen LogP contribution in [0.1, 0.15) is 107 Å². The molecule has 26 nitrogen and oxygen atoms in total. The van der Waals surface area contributed by atoms with Crippen molar-refractivity contribution >= 4 is 31.7 Å². The number of aliphatic hydroxyl groups excluding tert-OH is 6. The van der Waals surface area contributed by atoms with Crippen LogP contribution in [0.5, 0.6) is 0 Å². The predicted molar refractivity (Wildman–Crippen MR) is 275 cm³/mol. The van der Waals surface area contributed by atoms with Gasteiger partial charge >= 0.3 is 19.9 Å². The topological polar surface area (TPSA) is 415 Å². The van der Waals surface area contributed by atoms with Crippen LogP contribution in [-0.2, 0) is 61.5 Å². The van der Waals surface area contributed by atoms with Gasteiger partial charge in [-0.25, -0.2) is 19.0 Å². The average Bonchev–Trinajstić information content (AvgIpc) is 3.32. The van der Waals surface area contributed by atoms with Crippen LogP contribution in [0.15, 0.2) is 59.3 Å². The van der Waals surface area contributed by atoms with E-state index in [1.165, 1.54) is 16.7 Å². The van der Waals surface area contributed by atoms with Crippen molar-refractivity contribution in [2.24, 2.45) is 16.9 Å². The van der Waals surface area contributed by atoms with Crippen molar-refractivity contribution in [3.8, 4) is 0 Å². The molecule has 0 saturated carbocycles. The lowest BCUT2D eigenvalue weighted by atomic mass is 9.85. The second-order valence-electron chi connectivity index (χ2n) is 20.0. The number of phosphoric ester groups is 1. The standard InChI is InChI=1S/C50H86N3O23P/c1-28(2)15-14-17-29(3)18-19-31(5)20-23-49(8,9)22-13-12-16-30(4)21-24-69-36(45(61)62)27-71-77(66,67)76-75-43(44(51)60)50(10,65)42(74-48(52)64)32(6)72-47-37(53-33(7)55)40(58)39(57)35(73-47)26-70-46(63)41(59)38(56)34(25-54)68-11/h13,15,18,21-22,32,34-43,46-47,54,56-59,63,65H,5,12,14,16-17,19-20,23-27H2,1-4,6-11H3,(H2,51,60)(H2,52,64)(H,53,55)(H,61,62)(H,66,67)/b22-13+,29-18+,30-21-/t32?,34?,35?,36-,37?,38?,39?,40?,41?,42?,43?,46?,47?,50?/m1/s1. The monoisotopic (exact) mass is 1130 g/mol. The normalized spacial score (nSPS) is 23.3. The summed E-state index contributed by atoms with van der Waals surface area (Å²) < 4.78 is 54.1. The summed E-state index contributed by atoms with van der Waals surface area (Å²) in [7, 11) is -4.41. The Bertz CT molecular complexity index is 2040. The Morgan fingerprint density at radius 3 is 2.09 bits per heavy atom. The number of amides is 3. The molecule has 14 unspecified atom stereocenters. The fraction of sp³-hybridized carbons (Fsp3) is 0.720. The number of nitrogens with one attached hydrogen (secondary N) is 1. The first-order chi connectivity index (χ1) is 35.7. The summed E-state index contributed by atoms with van der Waals surface area (Å²) in [6, 6.07) is -1.66. The number of phosphoric acid groups is 1. The van der Waals surface area contributed by atoms with Gasteiger partial charge in [0.15, 0.2) is 24.8 Å². The largest absolute Gasteiger partial charge is 0.499 e. The fourth-order valence-electron chi connectivity index (χ4n) is 7.54. The average molecular weight is 1130 g/mol. The Balaban J connectivity index is 3.02. The van der Waals surface area contributed by atoms with E-state index in [2.05, 4.69) is 75.5 Å². The molecule has 0 spiro atoms. The minimum absolute atomic E-state index is 0.0739. The first-order valence-corrected chi connectivity index (χ1v) is 26.4. The molecule has 0 bridgehead atoms. The molecule has 1 heterocycles. The Kier molecular flexibility index (Phi) is 31.5. The van der Waals surface area contributed by atoms with E-state index in [1.807, 2.05) is 6.92 Å². The quantitative estimate of drug-likeness (QED) is 0.0138. The molecule has 1 saturated heterocycles. The molecule has 444 valence electrons. The molecule has 1 fully saturated rings. The maximum absolute atomic E-state index is 12.9. The van der Waals surface area contributed by atoms with E-state index < -0.39 is 137 Å². The van der Waals surface area contributed by atoms with Crippen molar-refractivity contribution in [3.63, 3.8) is 0 Å². The predicted octanol–water partition coefficient (Wildman–Crippen LogP) is 1.74. The molecule has 27 heteroatoms. The van der Waals surface area contributed by atoms with Gasteiger partial charge in [-0.05, 0) is 91.9 Å². The number of carbonyl (C=O) groups excluding carboxylic acids is 3. The molecule has 0 aliphatic carbocycles. The number of primary amides is 2. The Hall–Kier alpha value is -4.03. The highest BCUT2D eigenvalue weighted by atomic mass is 31.2. The van der Waals surface area contributed by atoms with Gasteiger partial charge in [0.05, 0.1) is 32.5 Å². The molecule has 0 radical (unpaired) electrons. The molecule has 1 rings (SSSR count). The van der Waals surface area contributed by atoms with Crippen LogP contribution in [0.4, 0.5) is 4.79 Å². The Labute approximate surface area is 450 Å². The second kappa shape index (κ2) is 34.2. The van der Waals surface area contributed by atoms with Crippen LogP contribution in [0.2, 0.25) is 0 Å². The molecular weight excluding hydrogens is 1040 g/mol. The van der Waals surface area contributed by atoms with Gasteiger partial charge in [-0.2, -0.15) is 0 Å². The summed E-state index contributed by atoms with van der Waals surface area (Å²) >= 11 is 0. The number of aliphatic hydroxyl groups is 7. The van der Waals surface area contributed by atoms with Crippen molar-refractivity contribution in [3.05, 3.63) is 59.3 Å². The number of hydrogen-bond donors (Lipinski definition) is 12. The van der Waals surface area contributed by atoms with Gasteiger partial charge in [0.1, 0.15) is 48.3 Å². The van der Waals surface area contributed by atoms with Gasteiger partial charge in [-0.1, -0.05) is 73.1 Å². The molecule has 14 N–H and O–H groups in total. The van der Waals surface area contributed by atoms with Gasteiger partial charge in [0.25, 0.3) is 5.91 Å². The molecule has 15 atom stereocenters. The van der Waals surface area contributed by atoms with Crippen LogP contribution >= 0.6 is 7.82 Å². The number of nitrogens with two attached hydrogens (primary N) is 2. The van der Waals surface area contributed by atoms with Crippen molar-refractivity contribution in [2.75, 3.05) is 33.5 Å². The zero-order valence-electron chi connectivity index (χ0n) is 45.7. The van der Waals surface area contributed by atoms with E-state index in [9.17, 15) is 69.5 Å². The third kappa shape index (κ3) is 26.2. The Morgan fingerprint density at radius 2 is 1.53 bits per heavy atom. The first-order valence-electron chi connectivity index (χ1n) is 24.9. The van der Waals surface area contributed by atoms with Crippen LogP contribution < -0.4 is 16.8 Å². The van der Waals surface area contributed by atoms with Crippen LogP contribution in [0, 0.1) is 5.41 Å². The van der Waals surface area contributed by atoms with Crippen molar-refractivity contribution in [1.29, 1.82) is 0 Å². The smallest absolute Gasteiger partial charge is 0.479 e. The summed E-state index contributed by atoms with van der Waals surface area (Å²) in [5.41, 5.74) is 12.4. The van der Waals surface area contributed by atoms with Gasteiger partial charge in [0, 0.05) is 14.0 Å². The van der Waals surface area contributed by atoms with Gasteiger partial charge in [-0.3, -0.25) is 14.1 Å². The minimum Gasteiger partial charge on any atom is -0.479 e. The SMILES string of the molecule is C=C(C/C=C(\C)CCC=C(C)C)CCC(C)(C)/C=C/CC/C(C)=C\CO[C@H](COP(=O)(O)OOC(C(N)=O)C(C)(O)C(OC(N)=O)C(C)OC1OC(COC(O)C(O)C(O)C(CO)OC)C(O)C(O)C1NC(C)=O)C(=O)O. The number of methoxy groups -OCH3 is 1. The summed E-state index contributed by atoms with van der Waals surface area (Å²) in [5.74, 6) is -4.02. The number of rotatable bonds is 38. The minimum atomic E-state index is -5.51. The van der Waals surface area contributed by atoms with E-state index in [-0.39, 0.29) is 12.0 Å². The van der Waals surface area contributed by atoms with Crippen LogP contribution in [0.3, 0.4) is 0 Å². The van der Waals surface area contributed by atoms with E-state index >= 15 is 0 Å². The molecule has 0 aromatic carbocycles. The third-order valence-corrected chi connectivity index (χ3v) is 13.0. The molecule has 0 aromatic heterocycles. The second-order valence-corrected chi connectivity index (χ2v) is 21.4. The summed E-state index contributed by atoms with van der Waals surface area (Å²) in [6.07, 6.45) is -8.64. The molecule has 0 aromatic rings. The first kappa shape index (κ1) is 71.0. The third-order valence-electron chi connectivity index (χ3n) is 12.2. The fourth-order valence-corrected chi connectivity index (χ4v) is 8.11. The summed E-state index contributed by atoms with van der Waals surface area (Å²) in [5, 5.41) is 85.9. The number of carbonyl (C=O) groups is 4. The maximum Gasteiger partial charge on any atom is 0.499 e. The van der Waals surface area contributed by atoms with Crippen molar-refractivity contribution < 1.29 is 112 Å².